The number of aromatic nitrogens is 1. The largest absolute Gasteiger partial charge is 0.479 e. The van der Waals surface area contributed by atoms with Crippen molar-refractivity contribution in [2.24, 2.45) is 23.7 Å². The molecule has 4 heterocycles. The third kappa shape index (κ3) is 7.40. The Morgan fingerprint density at radius 2 is 1.78 bits per heavy atom. The van der Waals surface area contributed by atoms with Crippen LogP contribution >= 0.6 is 0 Å². The molecule has 3 fully saturated rings. The SMILES string of the molecule is CC(C)(C)OC(=O)C[C@@H]1CCCCC/C=C\[C@@H]2C[C@@]2(C(=O)O)NC(=O)[C@@H]2[C@H]3CN(C(=O)c4cccc(-c5ccccc5)n4)C[C@H]3CN2C1=O. The van der Waals surface area contributed by atoms with Crippen molar-refractivity contribution in [1.82, 2.24) is 20.1 Å². The van der Waals surface area contributed by atoms with Gasteiger partial charge in [0.25, 0.3) is 5.91 Å². The summed E-state index contributed by atoms with van der Waals surface area (Å²) in [5.74, 6) is -4.34. The number of fused-ring (bicyclic) bond motifs is 4. The third-order valence-corrected chi connectivity index (χ3v) is 10.3. The second kappa shape index (κ2) is 13.8. The minimum Gasteiger partial charge on any atom is -0.479 e. The number of carbonyl (C=O) groups excluding carboxylic acids is 4. The van der Waals surface area contributed by atoms with Crippen LogP contribution in [0.1, 0.15) is 76.2 Å². The Morgan fingerprint density at radius 3 is 2.51 bits per heavy atom. The van der Waals surface area contributed by atoms with Crippen LogP contribution in [-0.2, 0) is 23.9 Å². The summed E-state index contributed by atoms with van der Waals surface area (Å²) in [6, 6.07) is 13.9. The van der Waals surface area contributed by atoms with Gasteiger partial charge in [-0.25, -0.2) is 9.78 Å². The second-order valence-corrected chi connectivity index (χ2v) is 15.0. The number of carboxylic acid groups (broad SMARTS) is 1. The number of pyridine rings is 1. The van der Waals surface area contributed by atoms with Gasteiger partial charge in [-0.05, 0) is 58.6 Å². The standard InChI is InChI=1S/C38H46N4O7/c1-37(2,3)49-31(43)19-25-15-8-5-4-6-11-16-27-20-38(27,36(47)48)40-33(44)32-28-23-41(21-26(28)22-42(32)34(25)45)35(46)30-18-12-17-29(39-30)24-13-9-7-10-14-24/h7,9-14,16-18,25-28,32H,4-6,8,15,19-23H2,1-3H3,(H,40,44)(H,47,48)/b16-11-/t25-,26-,27+,28-,32-,38+/m0/s1. The molecule has 2 saturated heterocycles. The molecule has 0 spiro atoms. The first-order valence-electron chi connectivity index (χ1n) is 17.4. The number of esters is 1. The average molecular weight is 671 g/mol. The van der Waals surface area contributed by atoms with E-state index in [2.05, 4.69) is 10.3 Å². The molecule has 0 radical (unpaired) electrons. The molecule has 3 aliphatic heterocycles. The zero-order valence-corrected chi connectivity index (χ0v) is 28.5. The zero-order chi connectivity index (χ0) is 34.9. The highest BCUT2D eigenvalue weighted by Crippen LogP contribution is 2.46. The van der Waals surface area contributed by atoms with Crippen LogP contribution in [0.5, 0.6) is 0 Å². The lowest BCUT2D eigenvalue weighted by Gasteiger charge is -2.32. The van der Waals surface area contributed by atoms with Crippen LogP contribution in [0.4, 0.5) is 0 Å². The number of hydrogen-bond acceptors (Lipinski definition) is 7. The third-order valence-electron chi connectivity index (χ3n) is 10.3. The summed E-state index contributed by atoms with van der Waals surface area (Å²) in [6.45, 7) is 6.09. The van der Waals surface area contributed by atoms with E-state index in [-0.39, 0.29) is 55.3 Å². The Labute approximate surface area is 287 Å². The molecule has 1 aromatic heterocycles. The van der Waals surface area contributed by atoms with Crippen LogP contribution in [-0.4, -0.2) is 86.4 Å². The fourth-order valence-electron chi connectivity index (χ4n) is 7.74. The number of ether oxygens (including phenoxy) is 1. The van der Waals surface area contributed by atoms with Crippen molar-refractivity contribution in [3.8, 4) is 11.3 Å². The molecule has 0 bridgehead atoms. The van der Waals surface area contributed by atoms with E-state index in [0.717, 1.165) is 31.2 Å². The maximum Gasteiger partial charge on any atom is 0.330 e. The highest BCUT2D eigenvalue weighted by Gasteiger charge is 2.62. The maximum atomic E-state index is 14.4. The van der Waals surface area contributed by atoms with Gasteiger partial charge >= 0.3 is 11.9 Å². The average Bonchev–Trinajstić information content (AvgIpc) is 3.41. The minimum atomic E-state index is -1.44. The van der Waals surface area contributed by atoms with Crippen molar-refractivity contribution in [3.63, 3.8) is 0 Å². The summed E-state index contributed by atoms with van der Waals surface area (Å²) >= 11 is 0. The summed E-state index contributed by atoms with van der Waals surface area (Å²) in [5, 5.41) is 13.1. The van der Waals surface area contributed by atoms with Gasteiger partial charge in [0, 0.05) is 48.9 Å². The minimum absolute atomic E-state index is 0.106. The van der Waals surface area contributed by atoms with Gasteiger partial charge in [-0.3, -0.25) is 19.2 Å². The lowest BCUT2D eigenvalue weighted by Crippen LogP contribution is -2.56. The van der Waals surface area contributed by atoms with Crippen molar-refractivity contribution in [3.05, 3.63) is 66.4 Å². The van der Waals surface area contributed by atoms with Crippen LogP contribution in [0.3, 0.4) is 0 Å². The molecule has 11 nitrogen and oxygen atoms in total. The van der Waals surface area contributed by atoms with Gasteiger partial charge < -0.3 is 25.0 Å². The summed E-state index contributed by atoms with van der Waals surface area (Å²) in [7, 11) is 0. The van der Waals surface area contributed by atoms with E-state index in [9.17, 15) is 29.1 Å². The molecule has 11 heteroatoms. The van der Waals surface area contributed by atoms with Gasteiger partial charge in [0.05, 0.1) is 12.1 Å². The van der Waals surface area contributed by atoms with Gasteiger partial charge in [0.1, 0.15) is 22.9 Å². The fourth-order valence-corrected chi connectivity index (χ4v) is 7.74. The van der Waals surface area contributed by atoms with Crippen molar-refractivity contribution in [2.45, 2.75) is 82.9 Å². The van der Waals surface area contributed by atoms with E-state index < -0.39 is 46.9 Å². The molecule has 260 valence electrons. The number of nitrogens with zero attached hydrogens (tertiary/aromatic N) is 3. The van der Waals surface area contributed by atoms with Crippen LogP contribution in [0.2, 0.25) is 0 Å². The van der Waals surface area contributed by atoms with E-state index in [0.29, 0.717) is 18.7 Å². The molecule has 1 aromatic carbocycles. The topological polar surface area (TPSA) is 146 Å². The molecule has 6 atom stereocenters. The van der Waals surface area contributed by atoms with Crippen LogP contribution in [0, 0.1) is 23.7 Å². The number of rotatable bonds is 5. The Balaban J connectivity index is 1.27. The van der Waals surface area contributed by atoms with E-state index in [1.807, 2.05) is 48.6 Å². The number of carbonyl (C=O) groups is 5. The molecule has 1 saturated carbocycles. The van der Waals surface area contributed by atoms with E-state index in [1.54, 1.807) is 42.7 Å². The summed E-state index contributed by atoms with van der Waals surface area (Å²) in [4.78, 5) is 75.8. The van der Waals surface area contributed by atoms with Gasteiger partial charge in [0.15, 0.2) is 0 Å². The lowest BCUT2D eigenvalue weighted by molar-refractivity contribution is -0.159. The molecule has 0 unspecified atom stereocenters. The number of hydrogen-bond donors (Lipinski definition) is 2. The Morgan fingerprint density at radius 1 is 1.00 bits per heavy atom. The number of allylic oxidation sites excluding steroid dienone is 1. The molecule has 2 aromatic rings. The van der Waals surface area contributed by atoms with Gasteiger partial charge in [-0.1, -0.05) is 61.4 Å². The zero-order valence-electron chi connectivity index (χ0n) is 28.5. The predicted octanol–water partition coefficient (Wildman–Crippen LogP) is 4.48. The van der Waals surface area contributed by atoms with Gasteiger partial charge in [-0.2, -0.15) is 0 Å². The monoisotopic (exact) mass is 670 g/mol. The van der Waals surface area contributed by atoms with E-state index in [1.165, 1.54) is 0 Å². The number of carboxylic acids is 1. The Kier molecular flexibility index (Phi) is 9.64. The van der Waals surface area contributed by atoms with Crippen molar-refractivity contribution < 1.29 is 33.8 Å². The highest BCUT2D eigenvalue weighted by atomic mass is 16.6. The first kappa shape index (κ1) is 34.3. The normalized spacial score (nSPS) is 29.4. The molecule has 49 heavy (non-hydrogen) atoms. The van der Waals surface area contributed by atoms with Crippen LogP contribution in [0.25, 0.3) is 11.3 Å². The van der Waals surface area contributed by atoms with Crippen molar-refractivity contribution in [2.75, 3.05) is 19.6 Å². The predicted molar refractivity (Wildman–Crippen MR) is 181 cm³/mol. The second-order valence-electron chi connectivity index (χ2n) is 15.0. The number of benzene rings is 1. The van der Waals surface area contributed by atoms with Crippen molar-refractivity contribution >= 4 is 29.7 Å². The van der Waals surface area contributed by atoms with Crippen molar-refractivity contribution in [1.29, 1.82) is 0 Å². The molecular formula is C38H46N4O7. The first-order chi connectivity index (χ1) is 23.4. The summed E-state index contributed by atoms with van der Waals surface area (Å²) < 4.78 is 5.59. The number of nitrogens with one attached hydrogen (secondary N) is 1. The Bertz CT molecular complexity index is 1640. The van der Waals surface area contributed by atoms with Gasteiger partial charge in [-0.15, -0.1) is 0 Å². The fraction of sp³-hybridized carbons (Fsp3) is 0.526. The molecular weight excluding hydrogens is 624 g/mol. The Hall–Kier alpha value is -4.54. The molecule has 2 N–H and O–H groups in total. The maximum absolute atomic E-state index is 14.4. The molecule has 1 aliphatic carbocycles. The summed E-state index contributed by atoms with van der Waals surface area (Å²) in [6.07, 6.45) is 7.69. The molecule has 4 aliphatic rings. The smallest absolute Gasteiger partial charge is 0.330 e. The van der Waals surface area contributed by atoms with E-state index >= 15 is 0 Å². The van der Waals surface area contributed by atoms with Crippen LogP contribution in [0.15, 0.2) is 60.7 Å². The quantitative estimate of drug-likeness (QED) is 0.350. The molecule has 3 amide bonds. The highest BCUT2D eigenvalue weighted by molar-refractivity contribution is 5.97. The molecule has 6 rings (SSSR count). The number of aliphatic carboxylic acids is 1. The lowest BCUT2D eigenvalue weighted by atomic mass is 9.92. The van der Waals surface area contributed by atoms with E-state index in [4.69, 9.17) is 4.74 Å². The van der Waals surface area contributed by atoms with Gasteiger partial charge in [0.2, 0.25) is 11.8 Å². The first-order valence-corrected chi connectivity index (χ1v) is 17.4. The number of amides is 3. The number of likely N-dealkylation sites (tertiary alicyclic amines) is 1. The van der Waals surface area contributed by atoms with Crippen LogP contribution < -0.4 is 5.32 Å². The summed E-state index contributed by atoms with van der Waals surface area (Å²) in [5.41, 5.74) is -0.302.